The largest absolute Gasteiger partial charge is 0.345 e. The van der Waals surface area contributed by atoms with Crippen LogP contribution in [0, 0.1) is 11.8 Å². The molecule has 0 bridgehead atoms. The van der Waals surface area contributed by atoms with Crippen molar-refractivity contribution in [2.45, 2.75) is 25.3 Å². The Morgan fingerprint density at radius 3 is 3.00 bits per heavy atom. The van der Waals surface area contributed by atoms with E-state index in [2.05, 4.69) is 5.32 Å². The number of rotatable bonds is 2. The molecule has 0 spiro atoms. The zero-order valence-electron chi connectivity index (χ0n) is 8.20. The first-order valence-corrected chi connectivity index (χ1v) is 5.21. The molecule has 0 unspecified atom stereocenters. The third-order valence-electron chi connectivity index (χ3n) is 3.65. The van der Waals surface area contributed by atoms with Crippen molar-refractivity contribution >= 4 is 6.41 Å². The average molecular weight is 182 g/mol. The van der Waals surface area contributed by atoms with E-state index in [-0.39, 0.29) is 0 Å². The van der Waals surface area contributed by atoms with Crippen LogP contribution in [0.5, 0.6) is 0 Å². The van der Waals surface area contributed by atoms with Crippen LogP contribution in [0.15, 0.2) is 0 Å². The molecule has 13 heavy (non-hydrogen) atoms. The van der Waals surface area contributed by atoms with Crippen molar-refractivity contribution in [3.63, 3.8) is 0 Å². The number of hydrogen-bond acceptors (Lipinski definition) is 2. The van der Waals surface area contributed by atoms with Gasteiger partial charge < -0.3 is 10.2 Å². The van der Waals surface area contributed by atoms with Crippen LogP contribution >= 0.6 is 0 Å². The first-order valence-electron chi connectivity index (χ1n) is 5.21. The molecule has 1 aliphatic heterocycles. The molecule has 3 heteroatoms. The van der Waals surface area contributed by atoms with E-state index in [1.54, 1.807) is 0 Å². The van der Waals surface area contributed by atoms with Gasteiger partial charge in [-0.05, 0) is 31.2 Å². The van der Waals surface area contributed by atoms with Gasteiger partial charge in [-0.2, -0.15) is 0 Å². The summed E-state index contributed by atoms with van der Waals surface area (Å²) in [5.41, 5.74) is 0. The smallest absolute Gasteiger partial charge is 0.209 e. The van der Waals surface area contributed by atoms with Crippen LogP contribution in [0.25, 0.3) is 0 Å². The second kappa shape index (κ2) is 3.66. The zero-order chi connectivity index (χ0) is 9.26. The number of amides is 1. The fourth-order valence-electron chi connectivity index (χ4n) is 2.91. The van der Waals surface area contributed by atoms with Crippen molar-refractivity contribution in [1.29, 1.82) is 0 Å². The Kier molecular flexibility index (Phi) is 2.54. The lowest BCUT2D eigenvalue weighted by Gasteiger charge is -2.37. The lowest BCUT2D eigenvalue weighted by molar-refractivity contribution is -0.120. The minimum Gasteiger partial charge on any atom is -0.345 e. The minimum absolute atomic E-state index is 0.492. The average Bonchev–Trinajstić information content (AvgIpc) is 2.63. The molecule has 1 saturated heterocycles. The molecule has 1 heterocycles. The fourth-order valence-corrected chi connectivity index (χ4v) is 2.91. The molecule has 0 radical (unpaired) electrons. The molecule has 1 saturated carbocycles. The molecule has 1 amide bonds. The van der Waals surface area contributed by atoms with E-state index in [0.717, 1.165) is 25.4 Å². The van der Waals surface area contributed by atoms with Gasteiger partial charge in [-0.1, -0.05) is 6.42 Å². The first-order chi connectivity index (χ1) is 6.33. The van der Waals surface area contributed by atoms with Crippen molar-refractivity contribution in [2.24, 2.45) is 11.8 Å². The summed E-state index contributed by atoms with van der Waals surface area (Å²) in [7, 11) is 1.92. The van der Waals surface area contributed by atoms with Crippen LogP contribution in [-0.2, 0) is 4.79 Å². The second-order valence-electron chi connectivity index (χ2n) is 4.35. The summed E-state index contributed by atoms with van der Waals surface area (Å²) in [6, 6.07) is 0.492. The van der Waals surface area contributed by atoms with Gasteiger partial charge in [-0.15, -0.1) is 0 Å². The Bertz CT molecular complexity index is 195. The number of fused-ring (bicyclic) bond motifs is 1. The summed E-state index contributed by atoms with van der Waals surface area (Å²) in [5, 5.41) is 3.43. The third-order valence-corrected chi connectivity index (χ3v) is 3.65. The van der Waals surface area contributed by atoms with E-state index in [0.29, 0.717) is 12.0 Å². The number of hydrogen-bond donors (Lipinski definition) is 1. The molecule has 2 aliphatic rings. The summed E-state index contributed by atoms with van der Waals surface area (Å²) in [6.07, 6.45) is 4.80. The van der Waals surface area contributed by atoms with Gasteiger partial charge in [0.15, 0.2) is 0 Å². The highest BCUT2D eigenvalue weighted by Gasteiger charge is 2.37. The van der Waals surface area contributed by atoms with Crippen molar-refractivity contribution in [1.82, 2.24) is 10.2 Å². The Balaban J connectivity index is 2.05. The molecule has 0 aromatic carbocycles. The van der Waals surface area contributed by atoms with E-state index in [1.807, 2.05) is 11.9 Å². The van der Waals surface area contributed by atoms with Gasteiger partial charge in [0.25, 0.3) is 0 Å². The summed E-state index contributed by atoms with van der Waals surface area (Å²) in [6.45, 7) is 2.27. The molecule has 2 rings (SSSR count). The predicted molar refractivity (Wildman–Crippen MR) is 51.3 cm³/mol. The molecule has 0 aromatic heterocycles. The maximum atomic E-state index is 10.7. The van der Waals surface area contributed by atoms with Crippen LogP contribution in [0.4, 0.5) is 0 Å². The summed E-state index contributed by atoms with van der Waals surface area (Å²) in [5.74, 6) is 1.53. The van der Waals surface area contributed by atoms with E-state index < -0.39 is 0 Å². The van der Waals surface area contributed by atoms with Crippen molar-refractivity contribution in [2.75, 3.05) is 20.1 Å². The van der Waals surface area contributed by atoms with Crippen LogP contribution in [0.3, 0.4) is 0 Å². The van der Waals surface area contributed by atoms with E-state index in [9.17, 15) is 4.79 Å². The lowest BCUT2D eigenvalue weighted by Crippen LogP contribution is -2.42. The van der Waals surface area contributed by atoms with Crippen LogP contribution < -0.4 is 5.32 Å². The second-order valence-corrected chi connectivity index (χ2v) is 4.35. The topological polar surface area (TPSA) is 32.3 Å². The quantitative estimate of drug-likeness (QED) is 0.629. The summed E-state index contributed by atoms with van der Waals surface area (Å²) in [4.78, 5) is 12.6. The highest BCUT2D eigenvalue weighted by molar-refractivity contribution is 5.47. The molecule has 0 aromatic rings. The van der Waals surface area contributed by atoms with Gasteiger partial charge in [0.1, 0.15) is 0 Å². The van der Waals surface area contributed by atoms with Crippen molar-refractivity contribution in [3.8, 4) is 0 Å². The number of carbonyl (C=O) groups excluding carboxylic acids is 1. The molecule has 74 valence electrons. The highest BCUT2D eigenvalue weighted by atomic mass is 16.1. The molecule has 2 fully saturated rings. The van der Waals surface area contributed by atoms with Crippen LogP contribution in [0.1, 0.15) is 19.3 Å². The summed E-state index contributed by atoms with van der Waals surface area (Å²) >= 11 is 0. The maximum Gasteiger partial charge on any atom is 0.209 e. The fraction of sp³-hybridized carbons (Fsp3) is 0.900. The van der Waals surface area contributed by atoms with Crippen LogP contribution in [0.2, 0.25) is 0 Å². The molecule has 3 atom stereocenters. The Labute approximate surface area is 79.5 Å². The van der Waals surface area contributed by atoms with Gasteiger partial charge >= 0.3 is 0 Å². The van der Waals surface area contributed by atoms with Gasteiger partial charge in [-0.3, -0.25) is 4.79 Å². The Hall–Kier alpha value is -0.570. The van der Waals surface area contributed by atoms with Crippen LogP contribution in [-0.4, -0.2) is 37.5 Å². The highest BCUT2D eigenvalue weighted by Crippen LogP contribution is 2.34. The predicted octanol–water partition coefficient (Wildman–Crippen LogP) is 0.463. The zero-order valence-corrected chi connectivity index (χ0v) is 8.20. The Morgan fingerprint density at radius 1 is 1.38 bits per heavy atom. The van der Waals surface area contributed by atoms with E-state index in [1.165, 1.54) is 19.3 Å². The molecule has 1 aliphatic carbocycles. The monoisotopic (exact) mass is 182 g/mol. The lowest BCUT2D eigenvalue weighted by atomic mass is 9.77. The number of nitrogens with one attached hydrogen (secondary N) is 1. The standard InChI is InChI=1S/C10H18N2O/c1-12(7-13)10-4-2-3-8-5-11-6-9(8)10/h7-11H,2-6H2,1H3/t8-,9+,10+/m1/s1. The summed E-state index contributed by atoms with van der Waals surface area (Å²) < 4.78 is 0. The SMILES string of the molecule is CN(C=O)[C@H]1CCC[C@@H]2CNC[C@@H]21. The molecular formula is C10H18N2O. The first kappa shape index (κ1) is 9.00. The van der Waals surface area contributed by atoms with E-state index >= 15 is 0 Å². The molecule has 3 nitrogen and oxygen atoms in total. The Morgan fingerprint density at radius 2 is 2.23 bits per heavy atom. The maximum absolute atomic E-state index is 10.7. The van der Waals surface area contributed by atoms with Crippen molar-refractivity contribution < 1.29 is 4.79 Å². The molecule has 1 N–H and O–H groups in total. The number of carbonyl (C=O) groups is 1. The van der Waals surface area contributed by atoms with Gasteiger partial charge in [0, 0.05) is 19.6 Å². The van der Waals surface area contributed by atoms with E-state index in [4.69, 9.17) is 0 Å². The normalized spacial score (nSPS) is 38.4. The minimum atomic E-state index is 0.492. The van der Waals surface area contributed by atoms with Gasteiger partial charge in [-0.25, -0.2) is 0 Å². The third kappa shape index (κ3) is 1.57. The van der Waals surface area contributed by atoms with Crippen molar-refractivity contribution in [3.05, 3.63) is 0 Å². The van der Waals surface area contributed by atoms with Gasteiger partial charge in [0.05, 0.1) is 0 Å². The van der Waals surface area contributed by atoms with Gasteiger partial charge in [0.2, 0.25) is 6.41 Å². The molecular weight excluding hydrogens is 164 g/mol. The number of nitrogens with zero attached hydrogens (tertiary/aromatic N) is 1.